The molecule has 1 aliphatic heterocycles. The summed E-state index contributed by atoms with van der Waals surface area (Å²) in [6, 6.07) is 2.66. The van der Waals surface area contributed by atoms with E-state index in [2.05, 4.69) is 33.1 Å². The molecule has 0 bridgehead atoms. The van der Waals surface area contributed by atoms with Crippen LogP contribution in [0.1, 0.15) is 26.2 Å². The lowest BCUT2D eigenvalue weighted by Gasteiger charge is -2.32. The Morgan fingerprint density at radius 2 is 2.10 bits per heavy atom. The average Bonchev–Trinajstić information content (AvgIpc) is 2.48. The maximum atomic E-state index is 13.4. The van der Waals surface area contributed by atoms with Crippen LogP contribution in [0.25, 0.3) is 0 Å². The van der Waals surface area contributed by atoms with E-state index in [4.69, 9.17) is 0 Å². The number of nitrogens with zero attached hydrogens (tertiary/aromatic N) is 2. The number of hydrogen-bond acceptors (Lipinski definition) is 4. The van der Waals surface area contributed by atoms with Crippen molar-refractivity contribution in [3.8, 4) is 0 Å². The third-order valence-corrected chi connectivity index (χ3v) is 4.44. The van der Waals surface area contributed by atoms with E-state index < -0.39 is 10.7 Å². The van der Waals surface area contributed by atoms with Gasteiger partial charge in [-0.15, -0.1) is 0 Å². The molecule has 1 N–H and O–H groups in total. The van der Waals surface area contributed by atoms with E-state index in [0.29, 0.717) is 12.2 Å². The second-order valence-corrected chi connectivity index (χ2v) is 6.22. The first-order valence-corrected chi connectivity index (χ1v) is 7.89. The zero-order valence-electron chi connectivity index (χ0n) is 11.9. The molecule has 116 valence electrons. The van der Waals surface area contributed by atoms with E-state index in [0.717, 1.165) is 19.2 Å². The summed E-state index contributed by atoms with van der Waals surface area (Å²) in [5.74, 6) is -0.628. The number of nitro benzene ring substituents is 1. The van der Waals surface area contributed by atoms with E-state index in [-0.39, 0.29) is 16.2 Å². The Labute approximate surface area is 131 Å². The van der Waals surface area contributed by atoms with Gasteiger partial charge >= 0.3 is 0 Å². The predicted molar refractivity (Wildman–Crippen MR) is 84.1 cm³/mol. The minimum atomic E-state index is -0.628. The lowest BCUT2D eigenvalue weighted by Crippen LogP contribution is -2.41. The van der Waals surface area contributed by atoms with Gasteiger partial charge in [-0.25, -0.2) is 4.39 Å². The first-order valence-electron chi connectivity index (χ1n) is 7.10. The standard InChI is InChI=1S/C14H19BrFN3O2/c1-10(18-5-3-2-4-6-18)9-17-13-7-11(15)12(16)8-14(13)19(20)21/h7-8,10,17H,2-6,9H2,1H3. The lowest BCUT2D eigenvalue weighted by atomic mass is 10.1. The van der Waals surface area contributed by atoms with Crippen LogP contribution < -0.4 is 5.32 Å². The Morgan fingerprint density at radius 1 is 1.43 bits per heavy atom. The van der Waals surface area contributed by atoms with Crippen LogP contribution in [-0.4, -0.2) is 35.5 Å². The van der Waals surface area contributed by atoms with Crippen LogP contribution >= 0.6 is 15.9 Å². The number of benzene rings is 1. The van der Waals surface area contributed by atoms with Gasteiger partial charge in [0.2, 0.25) is 0 Å². The van der Waals surface area contributed by atoms with Gasteiger partial charge in [0.1, 0.15) is 11.5 Å². The average molecular weight is 360 g/mol. The molecule has 1 fully saturated rings. The van der Waals surface area contributed by atoms with E-state index in [1.54, 1.807) is 0 Å². The normalized spacial score (nSPS) is 17.5. The number of halogens is 2. The van der Waals surface area contributed by atoms with Crippen molar-refractivity contribution in [3.63, 3.8) is 0 Å². The van der Waals surface area contributed by atoms with Gasteiger partial charge < -0.3 is 5.32 Å². The Balaban J connectivity index is 2.05. The fraction of sp³-hybridized carbons (Fsp3) is 0.571. The van der Waals surface area contributed by atoms with Crippen LogP contribution in [0.3, 0.4) is 0 Å². The van der Waals surface area contributed by atoms with E-state index in [1.807, 2.05) is 0 Å². The molecule has 2 rings (SSSR count). The zero-order chi connectivity index (χ0) is 15.4. The van der Waals surface area contributed by atoms with Gasteiger partial charge in [-0.05, 0) is 54.9 Å². The van der Waals surface area contributed by atoms with Crippen molar-refractivity contribution in [2.24, 2.45) is 0 Å². The Hall–Kier alpha value is -1.21. The van der Waals surface area contributed by atoms with Crippen molar-refractivity contribution < 1.29 is 9.31 Å². The molecule has 1 saturated heterocycles. The second kappa shape index (κ2) is 7.17. The summed E-state index contributed by atoms with van der Waals surface area (Å²) in [6.07, 6.45) is 3.67. The largest absolute Gasteiger partial charge is 0.378 e. The Morgan fingerprint density at radius 3 is 2.71 bits per heavy atom. The molecule has 0 aliphatic carbocycles. The number of hydrogen-bond donors (Lipinski definition) is 1. The van der Waals surface area contributed by atoms with Gasteiger partial charge in [0, 0.05) is 12.6 Å². The minimum Gasteiger partial charge on any atom is -0.378 e. The van der Waals surface area contributed by atoms with E-state index in [1.165, 1.54) is 25.3 Å². The number of rotatable bonds is 5. The summed E-state index contributed by atoms with van der Waals surface area (Å²) < 4.78 is 13.6. The summed E-state index contributed by atoms with van der Waals surface area (Å²) in [7, 11) is 0. The highest BCUT2D eigenvalue weighted by Gasteiger charge is 2.20. The molecule has 5 nitrogen and oxygen atoms in total. The SMILES string of the molecule is CC(CNc1cc(Br)c(F)cc1[N+](=O)[O-])N1CCCCC1. The highest BCUT2D eigenvalue weighted by Crippen LogP contribution is 2.30. The van der Waals surface area contributed by atoms with E-state index >= 15 is 0 Å². The first-order chi connectivity index (χ1) is 9.99. The maximum absolute atomic E-state index is 13.4. The highest BCUT2D eigenvalue weighted by atomic mass is 79.9. The Kier molecular flexibility index (Phi) is 5.52. The molecule has 0 radical (unpaired) electrons. The molecule has 0 spiro atoms. The van der Waals surface area contributed by atoms with Crippen LogP contribution in [0.4, 0.5) is 15.8 Å². The summed E-state index contributed by atoms with van der Waals surface area (Å²) >= 11 is 3.06. The molecule has 0 aromatic heterocycles. The van der Waals surface area contributed by atoms with Crippen LogP contribution in [0.5, 0.6) is 0 Å². The topological polar surface area (TPSA) is 58.4 Å². The number of likely N-dealkylation sites (tertiary alicyclic amines) is 1. The molecule has 1 aromatic carbocycles. The Bertz CT molecular complexity index is 521. The molecule has 7 heteroatoms. The van der Waals surface area contributed by atoms with Gasteiger partial charge in [0.15, 0.2) is 0 Å². The molecular formula is C14H19BrFN3O2. The summed E-state index contributed by atoms with van der Waals surface area (Å²) in [6.45, 7) is 4.83. The van der Waals surface area contributed by atoms with Crippen LogP contribution in [0.2, 0.25) is 0 Å². The van der Waals surface area contributed by atoms with Crippen molar-refractivity contribution in [3.05, 3.63) is 32.5 Å². The molecule has 1 heterocycles. The minimum absolute atomic E-state index is 0.223. The number of piperidine rings is 1. The molecule has 1 aromatic rings. The lowest BCUT2D eigenvalue weighted by molar-refractivity contribution is -0.384. The summed E-state index contributed by atoms with van der Waals surface area (Å²) in [5, 5.41) is 14.1. The maximum Gasteiger partial charge on any atom is 0.295 e. The van der Waals surface area contributed by atoms with Gasteiger partial charge in [0.25, 0.3) is 5.69 Å². The van der Waals surface area contributed by atoms with Crippen molar-refractivity contribution in [2.45, 2.75) is 32.2 Å². The summed E-state index contributed by atoms with van der Waals surface area (Å²) in [4.78, 5) is 12.8. The van der Waals surface area contributed by atoms with E-state index in [9.17, 15) is 14.5 Å². The smallest absolute Gasteiger partial charge is 0.295 e. The monoisotopic (exact) mass is 359 g/mol. The van der Waals surface area contributed by atoms with Crippen LogP contribution in [0, 0.1) is 15.9 Å². The van der Waals surface area contributed by atoms with Crippen molar-refractivity contribution in [1.82, 2.24) is 4.90 Å². The molecule has 21 heavy (non-hydrogen) atoms. The first kappa shape index (κ1) is 16.2. The fourth-order valence-electron chi connectivity index (χ4n) is 2.57. The second-order valence-electron chi connectivity index (χ2n) is 5.37. The van der Waals surface area contributed by atoms with Crippen molar-refractivity contribution in [2.75, 3.05) is 25.0 Å². The molecule has 0 saturated carbocycles. The van der Waals surface area contributed by atoms with Crippen molar-refractivity contribution >= 4 is 27.3 Å². The highest BCUT2D eigenvalue weighted by molar-refractivity contribution is 9.10. The third-order valence-electron chi connectivity index (χ3n) is 3.84. The molecular weight excluding hydrogens is 341 g/mol. The van der Waals surface area contributed by atoms with Gasteiger partial charge in [-0.1, -0.05) is 6.42 Å². The van der Waals surface area contributed by atoms with Gasteiger partial charge in [-0.2, -0.15) is 0 Å². The molecule has 1 unspecified atom stereocenters. The van der Waals surface area contributed by atoms with Crippen molar-refractivity contribution in [1.29, 1.82) is 0 Å². The quantitative estimate of drug-likeness (QED) is 0.641. The van der Waals surface area contributed by atoms with Crippen LogP contribution in [-0.2, 0) is 0 Å². The summed E-state index contributed by atoms with van der Waals surface area (Å²) in [5.41, 5.74) is 0.110. The number of anilines is 1. The van der Waals surface area contributed by atoms with Gasteiger partial charge in [0.05, 0.1) is 15.5 Å². The zero-order valence-corrected chi connectivity index (χ0v) is 13.5. The predicted octanol–water partition coefficient (Wildman–Crippen LogP) is 3.78. The molecule has 1 aliphatic rings. The number of nitro groups is 1. The van der Waals surface area contributed by atoms with Gasteiger partial charge in [-0.3, -0.25) is 15.0 Å². The molecule has 1 atom stereocenters. The fourth-order valence-corrected chi connectivity index (χ4v) is 2.92. The van der Waals surface area contributed by atoms with Crippen LogP contribution in [0.15, 0.2) is 16.6 Å². The number of nitrogens with one attached hydrogen (secondary N) is 1. The molecule has 0 amide bonds. The third kappa shape index (κ3) is 4.14.